The van der Waals surface area contributed by atoms with Gasteiger partial charge < -0.3 is 15.6 Å². The van der Waals surface area contributed by atoms with E-state index in [1.165, 1.54) is 12.6 Å². The second-order valence-electron chi connectivity index (χ2n) is 9.44. The summed E-state index contributed by atoms with van der Waals surface area (Å²) in [6.45, 7) is 0.335. The molecule has 1 amide bonds. The SMILES string of the molecule is CS(=O)(=O)CCCNC(=O)[C@H]1CCc2[nH]c3ncnc(Nc4ccc5c(c4)CS(O)(O)C5)c3c2C1. The standard InChI is InChI=1S/C23H29N5O5S2/c1-34(30,31)8-2-7-24-23(29)14-4-6-19-18(10-14)20-21(25-13-26-22(20)28-19)27-17-5-3-15-11-35(32,33)12-16(15)9-17/h3,5,9,13-14,32-33H,2,4,6-8,10-12H2,1H3,(H,24,29)(H2,25,26,27,28)/t14-/m0/s1. The third-order valence-electron chi connectivity index (χ3n) is 6.58. The number of carbonyl (C=O) groups excluding carboxylic acids is 1. The van der Waals surface area contributed by atoms with Gasteiger partial charge in [0.25, 0.3) is 0 Å². The van der Waals surface area contributed by atoms with Gasteiger partial charge in [-0.05, 0) is 54.5 Å². The second kappa shape index (κ2) is 9.08. The van der Waals surface area contributed by atoms with Gasteiger partial charge in [-0.25, -0.2) is 18.4 Å². The molecule has 3 aromatic rings. The first-order valence-corrected chi connectivity index (χ1v) is 15.4. The molecule has 1 aliphatic carbocycles. The highest BCUT2D eigenvalue weighted by atomic mass is 32.3. The summed E-state index contributed by atoms with van der Waals surface area (Å²) in [5.41, 5.74) is 5.44. The number of hydrogen-bond donors (Lipinski definition) is 5. The molecule has 5 rings (SSSR count). The van der Waals surface area contributed by atoms with Gasteiger partial charge in [0.1, 0.15) is 27.6 Å². The number of aromatic nitrogens is 3. The van der Waals surface area contributed by atoms with Crippen molar-refractivity contribution in [3.8, 4) is 0 Å². The van der Waals surface area contributed by atoms with E-state index >= 15 is 0 Å². The van der Waals surface area contributed by atoms with Crippen molar-refractivity contribution < 1.29 is 22.3 Å². The average Bonchev–Trinajstić information content (AvgIpc) is 3.31. The zero-order valence-corrected chi connectivity index (χ0v) is 21.0. The Balaban J connectivity index is 1.34. The first kappa shape index (κ1) is 24.0. The van der Waals surface area contributed by atoms with E-state index in [0.29, 0.717) is 49.4 Å². The summed E-state index contributed by atoms with van der Waals surface area (Å²) in [6.07, 6.45) is 5.03. The molecule has 1 aliphatic heterocycles. The molecule has 2 aliphatic rings. The highest BCUT2D eigenvalue weighted by Gasteiger charge is 2.29. The molecule has 0 unspecified atom stereocenters. The van der Waals surface area contributed by atoms with Crippen LogP contribution in [0.3, 0.4) is 0 Å². The van der Waals surface area contributed by atoms with Crippen LogP contribution in [0.4, 0.5) is 11.5 Å². The number of amides is 1. The number of anilines is 2. The van der Waals surface area contributed by atoms with E-state index in [0.717, 1.165) is 33.5 Å². The van der Waals surface area contributed by atoms with Crippen molar-refractivity contribution in [1.82, 2.24) is 20.3 Å². The zero-order chi connectivity index (χ0) is 24.8. The highest BCUT2D eigenvalue weighted by Crippen LogP contribution is 2.53. The second-order valence-corrected chi connectivity index (χ2v) is 13.9. The van der Waals surface area contributed by atoms with Crippen LogP contribution in [0.25, 0.3) is 11.0 Å². The molecule has 1 atom stereocenters. The molecular formula is C23H29N5O5S2. The summed E-state index contributed by atoms with van der Waals surface area (Å²) >= 11 is 0. The Morgan fingerprint density at radius 2 is 2.03 bits per heavy atom. The van der Waals surface area contributed by atoms with E-state index in [4.69, 9.17) is 0 Å². The van der Waals surface area contributed by atoms with Crippen LogP contribution in [0.2, 0.25) is 0 Å². The predicted octanol–water partition coefficient (Wildman–Crippen LogP) is 3.12. The van der Waals surface area contributed by atoms with Crippen molar-refractivity contribution in [3.05, 3.63) is 46.9 Å². The third-order valence-corrected chi connectivity index (χ3v) is 9.16. The number of fused-ring (bicyclic) bond motifs is 4. The number of nitrogens with zero attached hydrogens (tertiary/aromatic N) is 2. The number of benzene rings is 1. The van der Waals surface area contributed by atoms with Crippen molar-refractivity contribution in [2.75, 3.05) is 23.9 Å². The molecule has 35 heavy (non-hydrogen) atoms. The topological polar surface area (TPSA) is 157 Å². The summed E-state index contributed by atoms with van der Waals surface area (Å²) in [5.74, 6) is 0.964. The van der Waals surface area contributed by atoms with Gasteiger partial charge >= 0.3 is 0 Å². The Hall–Kier alpha value is -2.67. The minimum Gasteiger partial charge on any atom is -0.356 e. The molecule has 10 nitrogen and oxygen atoms in total. The molecule has 0 fully saturated rings. The number of H-pyrrole nitrogens is 1. The maximum absolute atomic E-state index is 12.8. The van der Waals surface area contributed by atoms with Crippen LogP contribution in [-0.4, -0.2) is 56.9 Å². The van der Waals surface area contributed by atoms with E-state index < -0.39 is 20.4 Å². The summed E-state index contributed by atoms with van der Waals surface area (Å²) in [4.78, 5) is 25.0. The fraction of sp³-hybridized carbons (Fsp3) is 0.435. The minimum atomic E-state index is -3.04. The molecule has 1 aromatic carbocycles. The molecule has 0 spiro atoms. The van der Waals surface area contributed by atoms with Crippen LogP contribution < -0.4 is 10.6 Å². The molecule has 2 aromatic heterocycles. The van der Waals surface area contributed by atoms with E-state index in [1.54, 1.807) is 0 Å². The first-order valence-electron chi connectivity index (χ1n) is 11.5. The van der Waals surface area contributed by atoms with Gasteiger partial charge in [0.05, 0.1) is 22.6 Å². The predicted molar refractivity (Wildman–Crippen MR) is 137 cm³/mol. The number of hydrogen-bond acceptors (Lipinski definition) is 8. The normalized spacial score (nSPS) is 19.7. The van der Waals surface area contributed by atoms with Crippen molar-refractivity contribution in [1.29, 1.82) is 0 Å². The number of sulfone groups is 1. The number of carbonyl (C=O) groups is 1. The Labute approximate surface area is 205 Å². The maximum Gasteiger partial charge on any atom is 0.223 e. The largest absolute Gasteiger partial charge is 0.356 e. The van der Waals surface area contributed by atoms with Crippen LogP contribution in [0.15, 0.2) is 24.5 Å². The number of aryl methyl sites for hydroxylation is 1. The minimum absolute atomic E-state index is 0.0541. The van der Waals surface area contributed by atoms with Crippen LogP contribution in [0.1, 0.15) is 35.2 Å². The van der Waals surface area contributed by atoms with Crippen LogP contribution in [0.5, 0.6) is 0 Å². The van der Waals surface area contributed by atoms with Gasteiger partial charge in [0.15, 0.2) is 0 Å². The van der Waals surface area contributed by atoms with Gasteiger partial charge in [-0.15, -0.1) is 0 Å². The third kappa shape index (κ3) is 5.30. The monoisotopic (exact) mass is 519 g/mol. The fourth-order valence-corrected chi connectivity index (χ4v) is 7.23. The van der Waals surface area contributed by atoms with Crippen LogP contribution in [-0.2, 0) is 39.0 Å². The van der Waals surface area contributed by atoms with Crippen molar-refractivity contribution in [3.63, 3.8) is 0 Å². The lowest BCUT2D eigenvalue weighted by molar-refractivity contribution is -0.125. The Bertz CT molecular complexity index is 1400. The number of nitrogens with one attached hydrogen (secondary N) is 3. The van der Waals surface area contributed by atoms with Gasteiger partial charge in [0, 0.05) is 30.1 Å². The summed E-state index contributed by atoms with van der Waals surface area (Å²) in [6, 6.07) is 5.74. The van der Waals surface area contributed by atoms with E-state index in [2.05, 4.69) is 25.6 Å². The number of rotatable bonds is 7. The van der Waals surface area contributed by atoms with Gasteiger partial charge in [-0.3, -0.25) is 13.9 Å². The molecule has 188 valence electrons. The zero-order valence-electron chi connectivity index (χ0n) is 19.4. The maximum atomic E-state index is 12.8. The van der Waals surface area contributed by atoms with Crippen molar-refractivity contribution >= 4 is 48.9 Å². The Morgan fingerprint density at radius 3 is 2.83 bits per heavy atom. The van der Waals surface area contributed by atoms with Gasteiger partial charge in [0.2, 0.25) is 5.91 Å². The lowest BCUT2D eigenvalue weighted by Gasteiger charge is -2.25. The molecular weight excluding hydrogens is 490 g/mol. The molecule has 0 saturated heterocycles. The molecule has 0 saturated carbocycles. The summed E-state index contributed by atoms with van der Waals surface area (Å²) < 4.78 is 42.7. The Kier molecular flexibility index (Phi) is 6.24. The van der Waals surface area contributed by atoms with E-state index in [-0.39, 0.29) is 23.3 Å². The summed E-state index contributed by atoms with van der Waals surface area (Å²) in [5, 5.41) is 7.09. The summed E-state index contributed by atoms with van der Waals surface area (Å²) in [7, 11) is -5.63. The van der Waals surface area contributed by atoms with Gasteiger partial charge in [-0.1, -0.05) is 6.07 Å². The lowest BCUT2D eigenvalue weighted by atomic mass is 9.86. The Morgan fingerprint density at radius 1 is 1.23 bits per heavy atom. The molecule has 0 radical (unpaired) electrons. The fourth-order valence-electron chi connectivity index (χ4n) is 4.91. The average molecular weight is 520 g/mol. The van der Waals surface area contributed by atoms with Crippen LogP contribution >= 0.6 is 10.6 Å². The van der Waals surface area contributed by atoms with Gasteiger partial charge in [-0.2, -0.15) is 10.6 Å². The first-order chi connectivity index (χ1) is 16.6. The molecule has 12 heteroatoms. The van der Waals surface area contributed by atoms with E-state index in [9.17, 15) is 22.3 Å². The highest BCUT2D eigenvalue weighted by molar-refractivity contribution is 8.23. The molecule has 3 heterocycles. The van der Waals surface area contributed by atoms with Crippen molar-refractivity contribution in [2.45, 2.75) is 37.2 Å². The number of aromatic amines is 1. The smallest absolute Gasteiger partial charge is 0.223 e. The van der Waals surface area contributed by atoms with E-state index in [1.807, 2.05) is 18.2 Å². The molecule has 5 N–H and O–H groups in total. The van der Waals surface area contributed by atoms with Crippen LogP contribution in [0, 0.1) is 5.92 Å². The quantitative estimate of drug-likeness (QED) is 0.298. The van der Waals surface area contributed by atoms with Crippen molar-refractivity contribution in [2.24, 2.45) is 5.92 Å². The lowest BCUT2D eigenvalue weighted by Crippen LogP contribution is -2.35. The molecule has 0 bridgehead atoms.